The highest BCUT2D eigenvalue weighted by molar-refractivity contribution is 6.09. The maximum Gasteiger partial charge on any atom is 0.270 e. The summed E-state index contributed by atoms with van der Waals surface area (Å²) in [4.78, 5) is 25.0. The number of benzene rings is 3. The molecule has 0 saturated carbocycles. The van der Waals surface area contributed by atoms with Crippen LogP contribution >= 0.6 is 0 Å². The first-order valence-corrected chi connectivity index (χ1v) is 7.71. The van der Waals surface area contributed by atoms with Crippen LogP contribution in [0, 0.1) is 10.1 Å². The lowest BCUT2D eigenvalue weighted by Crippen LogP contribution is -2.18. The zero-order valence-corrected chi connectivity index (χ0v) is 13.9. The van der Waals surface area contributed by atoms with Gasteiger partial charge in [-0.25, -0.2) is 0 Å². The van der Waals surface area contributed by atoms with Gasteiger partial charge in [0.1, 0.15) is 0 Å². The number of carbonyl (C=O) groups is 1. The molecule has 3 aromatic rings. The lowest BCUT2D eigenvalue weighted by Gasteiger charge is -2.17. The van der Waals surface area contributed by atoms with Crippen molar-refractivity contribution in [3.05, 3.63) is 76.3 Å². The van der Waals surface area contributed by atoms with Gasteiger partial charge in [-0.2, -0.15) is 0 Å². The van der Waals surface area contributed by atoms with Crippen LogP contribution in [0.1, 0.15) is 10.4 Å². The quantitative estimate of drug-likeness (QED) is 0.576. The van der Waals surface area contributed by atoms with Crippen LogP contribution in [0.5, 0.6) is 0 Å². The minimum Gasteiger partial charge on any atom is -0.377 e. The van der Waals surface area contributed by atoms with Gasteiger partial charge in [0.05, 0.1) is 10.5 Å². The average molecular weight is 335 g/mol. The number of amides is 1. The summed E-state index contributed by atoms with van der Waals surface area (Å²) >= 11 is 0. The monoisotopic (exact) mass is 335 g/mol. The van der Waals surface area contributed by atoms with E-state index in [9.17, 15) is 14.9 Å². The van der Waals surface area contributed by atoms with E-state index in [-0.39, 0.29) is 17.2 Å². The van der Waals surface area contributed by atoms with E-state index >= 15 is 0 Å². The van der Waals surface area contributed by atoms with Crippen LogP contribution < -0.4 is 10.2 Å². The van der Waals surface area contributed by atoms with Crippen LogP contribution in [0.25, 0.3) is 10.8 Å². The van der Waals surface area contributed by atoms with E-state index in [0.29, 0.717) is 11.4 Å². The van der Waals surface area contributed by atoms with Crippen LogP contribution in [-0.4, -0.2) is 24.9 Å². The van der Waals surface area contributed by atoms with Crippen molar-refractivity contribution in [1.82, 2.24) is 0 Å². The number of non-ortho nitro benzene ring substituents is 1. The molecule has 0 aliphatic rings. The molecule has 0 unspecified atom stereocenters. The number of hydrogen-bond donors (Lipinski definition) is 1. The van der Waals surface area contributed by atoms with Gasteiger partial charge in [-0.3, -0.25) is 14.9 Å². The molecule has 0 aliphatic heterocycles. The number of carbonyl (C=O) groups excluding carboxylic acids is 1. The van der Waals surface area contributed by atoms with E-state index in [1.807, 2.05) is 42.5 Å². The molecule has 3 rings (SSSR count). The smallest absolute Gasteiger partial charge is 0.270 e. The number of nitrogens with zero attached hydrogens (tertiary/aromatic N) is 2. The summed E-state index contributed by atoms with van der Waals surface area (Å²) in [6, 6.07) is 17.7. The predicted octanol–water partition coefficient (Wildman–Crippen LogP) is 4.07. The van der Waals surface area contributed by atoms with Crippen molar-refractivity contribution in [3.63, 3.8) is 0 Å². The van der Waals surface area contributed by atoms with Gasteiger partial charge in [-0.05, 0) is 29.0 Å². The van der Waals surface area contributed by atoms with Gasteiger partial charge in [0.2, 0.25) is 0 Å². The highest BCUT2D eigenvalue weighted by atomic mass is 16.6. The zero-order chi connectivity index (χ0) is 18.0. The molecular weight excluding hydrogens is 318 g/mol. The van der Waals surface area contributed by atoms with Crippen molar-refractivity contribution in [1.29, 1.82) is 0 Å². The van der Waals surface area contributed by atoms with Crippen LogP contribution in [0.15, 0.2) is 60.7 Å². The fraction of sp³-hybridized carbons (Fsp3) is 0.105. The second kappa shape index (κ2) is 6.60. The first-order valence-electron chi connectivity index (χ1n) is 7.71. The summed E-state index contributed by atoms with van der Waals surface area (Å²) in [5, 5.41) is 15.9. The topological polar surface area (TPSA) is 75.5 Å². The van der Waals surface area contributed by atoms with Gasteiger partial charge >= 0.3 is 0 Å². The van der Waals surface area contributed by atoms with Crippen molar-refractivity contribution >= 4 is 33.7 Å². The number of rotatable bonds is 4. The number of hydrogen-bond acceptors (Lipinski definition) is 4. The van der Waals surface area contributed by atoms with Gasteiger partial charge in [0.15, 0.2) is 0 Å². The number of nitrogens with one attached hydrogen (secondary N) is 1. The summed E-state index contributed by atoms with van der Waals surface area (Å²) in [6.07, 6.45) is 0. The van der Waals surface area contributed by atoms with Crippen molar-refractivity contribution in [3.8, 4) is 0 Å². The van der Waals surface area contributed by atoms with E-state index in [4.69, 9.17) is 0 Å². The fourth-order valence-corrected chi connectivity index (χ4v) is 2.67. The molecule has 0 aliphatic carbocycles. The summed E-state index contributed by atoms with van der Waals surface area (Å²) in [5.74, 6) is -0.386. The van der Waals surface area contributed by atoms with Gasteiger partial charge in [0.25, 0.3) is 11.6 Å². The fourth-order valence-electron chi connectivity index (χ4n) is 2.67. The Morgan fingerprint density at radius 1 is 1.00 bits per heavy atom. The van der Waals surface area contributed by atoms with E-state index < -0.39 is 4.92 Å². The number of anilines is 2. The molecule has 0 saturated heterocycles. The van der Waals surface area contributed by atoms with E-state index in [1.165, 1.54) is 12.1 Å². The van der Waals surface area contributed by atoms with Gasteiger partial charge in [-0.1, -0.05) is 30.3 Å². The Labute approximate surface area is 144 Å². The number of nitro groups is 1. The van der Waals surface area contributed by atoms with Gasteiger partial charge < -0.3 is 10.2 Å². The third-order valence-electron chi connectivity index (χ3n) is 3.92. The molecular formula is C19H17N3O3. The molecule has 0 radical (unpaired) electrons. The first-order chi connectivity index (χ1) is 12.0. The van der Waals surface area contributed by atoms with E-state index in [1.54, 1.807) is 25.1 Å². The van der Waals surface area contributed by atoms with Crippen LogP contribution in [-0.2, 0) is 0 Å². The summed E-state index contributed by atoms with van der Waals surface area (Å²) < 4.78 is 0. The van der Waals surface area contributed by atoms with Crippen LogP contribution in [0.4, 0.5) is 17.1 Å². The number of fused-ring (bicyclic) bond motifs is 1. The lowest BCUT2D eigenvalue weighted by molar-refractivity contribution is -0.384. The summed E-state index contributed by atoms with van der Waals surface area (Å²) in [5.41, 5.74) is 1.39. The molecule has 25 heavy (non-hydrogen) atoms. The highest BCUT2D eigenvalue weighted by Gasteiger charge is 2.18. The molecule has 0 aromatic heterocycles. The van der Waals surface area contributed by atoms with Crippen LogP contribution in [0.3, 0.4) is 0 Å². The van der Waals surface area contributed by atoms with Gasteiger partial charge in [0, 0.05) is 37.6 Å². The van der Waals surface area contributed by atoms with Crippen LogP contribution in [0.2, 0.25) is 0 Å². The molecule has 0 atom stereocenters. The molecule has 0 heterocycles. The maximum atomic E-state index is 12.7. The predicted molar refractivity (Wildman–Crippen MR) is 99.3 cm³/mol. The molecule has 6 heteroatoms. The van der Waals surface area contributed by atoms with Crippen molar-refractivity contribution in [2.24, 2.45) is 0 Å². The largest absolute Gasteiger partial charge is 0.377 e. The zero-order valence-electron chi connectivity index (χ0n) is 13.9. The minimum atomic E-state index is -0.508. The second-order valence-corrected chi connectivity index (χ2v) is 5.87. The first kappa shape index (κ1) is 16.4. The third-order valence-corrected chi connectivity index (χ3v) is 3.92. The highest BCUT2D eigenvalue weighted by Crippen LogP contribution is 2.26. The van der Waals surface area contributed by atoms with Gasteiger partial charge in [-0.15, -0.1) is 0 Å². The Morgan fingerprint density at radius 3 is 2.40 bits per heavy atom. The molecule has 1 amide bonds. The molecule has 3 aromatic carbocycles. The Morgan fingerprint density at radius 2 is 1.72 bits per heavy atom. The average Bonchev–Trinajstić information content (AvgIpc) is 2.60. The summed E-state index contributed by atoms with van der Waals surface area (Å²) in [6.45, 7) is 0. The minimum absolute atomic E-state index is 0.116. The molecule has 0 spiro atoms. The Kier molecular flexibility index (Phi) is 4.35. The van der Waals surface area contributed by atoms with Crippen molar-refractivity contribution in [2.45, 2.75) is 0 Å². The van der Waals surface area contributed by atoms with Crippen molar-refractivity contribution in [2.75, 3.05) is 24.3 Å². The molecule has 6 nitrogen and oxygen atoms in total. The normalized spacial score (nSPS) is 10.5. The van der Waals surface area contributed by atoms with E-state index in [0.717, 1.165) is 10.8 Å². The third kappa shape index (κ3) is 3.42. The Hall–Kier alpha value is -3.41. The molecule has 0 bridgehead atoms. The SMILES string of the molecule is CN(C)c1ccc([N+](=O)[O-])cc1C(=O)Nc1ccc2ccccc2c1. The molecule has 1 N–H and O–H groups in total. The lowest BCUT2D eigenvalue weighted by atomic mass is 10.1. The van der Waals surface area contributed by atoms with E-state index in [2.05, 4.69) is 5.32 Å². The summed E-state index contributed by atoms with van der Waals surface area (Å²) in [7, 11) is 3.57. The maximum absolute atomic E-state index is 12.7. The standard InChI is InChI=1S/C19H17N3O3/c1-21(2)18-10-9-16(22(24)25)12-17(18)19(23)20-15-8-7-13-5-3-4-6-14(13)11-15/h3-12H,1-2H3,(H,20,23). The Balaban J connectivity index is 1.96. The Bertz CT molecular complexity index is 967. The van der Waals surface area contributed by atoms with Crippen molar-refractivity contribution < 1.29 is 9.72 Å². The number of nitro benzene ring substituents is 1. The molecule has 126 valence electrons. The molecule has 0 fully saturated rings. The second-order valence-electron chi connectivity index (χ2n) is 5.87.